The van der Waals surface area contributed by atoms with Crippen molar-refractivity contribution in [3.05, 3.63) is 40.6 Å². The minimum absolute atomic E-state index is 0.0345. The smallest absolute Gasteiger partial charge is 0.355 e. The summed E-state index contributed by atoms with van der Waals surface area (Å²) in [4.78, 5) is 20.8. The van der Waals surface area contributed by atoms with E-state index in [1.54, 1.807) is 6.20 Å². The molecule has 4 nitrogen and oxygen atoms in total. The van der Waals surface area contributed by atoms with E-state index in [2.05, 4.69) is 25.9 Å². The second-order valence-electron chi connectivity index (χ2n) is 3.43. The molecular formula is C12H9BrN2O2S2. The number of hydrogen-bond acceptors (Lipinski definition) is 5. The summed E-state index contributed by atoms with van der Waals surface area (Å²) in [5.74, 6) is -1.04. The van der Waals surface area contributed by atoms with Crippen molar-refractivity contribution >= 4 is 45.4 Å². The zero-order valence-corrected chi connectivity index (χ0v) is 13.1. The SMILES string of the molecule is CSc1ncc(Sc2ccc(Br)cc2)c(C(=O)O)n1. The van der Waals surface area contributed by atoms with Gasteiger partial charge in [-0.1, -0.05) is 39.5 Å². The van der Waals surface area contributed by atoms with Gasteiger partial charge >= 0.3 is 5.97 Å². The van der Waals surface area contributed by atoms with Gasteiger partial charge in [0, 0.05) is 15.6 Å². The molecule has 0 saturated heterocycles. The lowest BCUT2D eigenvalue weighted by molar-refractivity contribution is 0.0685. The number of hydrogen-bond donors (Lipinski definition) is 1. The standard InChI is InChI=1S/C12H9BrN2O2S2/c1-18-12-14-6-9(10(15-12)11(16)17)19-8-4-2-7(13)3-5-8/h2-6H,1H3,(H,16,17). The summed E-state index contributed by atoms with van der Waals surface area (Å²) in [5.41, 5.74) is 0.0345. The highest BCUT2D eigenvalue weighted by Gasteiger charge is 2.15. The predicted molar refractivity (Wildman–Crippen MR) is 79.0 cm³/mol. The number of aromatic carboxylic acids is 1. The van der Waals surface area contributed by atoms with Crippen LogP contribution in [0.4, 0.5) is 0 Å². The molecule has 7 heteroatoms. The fraction of sp³-hybridized carbons (Fsp3) is 0.0833. The summed E-state index contributed by atoms with van der Waals surface area (Å²) in [7, 11) is 0. The van der Waals surface area contributed by atoms with Gasteiger partial charge in [-0.2, -0.15) is 0 Å². The number of carbonyl (C=O) groups is 1. The number of benzene rings is 1. The van der Waals surface area contributed by atoms with E-state index in [4.69, 9.17) is 0 Å². The summed E-state index contributed by atoms with van der Waals surface area (Å²) in [6.07, 6.45) is 3.36. The van der Waals surface area contributed by atoms with E-state index in [-0.39, 0.29) is 5.69 Å². The minimum atomic E-state index is -1.04. The highest BCUT2D eigenvalue weighted by molar-refractivity contribution is 9.10. The van der Waals surface area contributed by atoms with Crippen molar-refractivity contribution in [3.8, 4) is 0 Å². The molecule has 0 fully saturated rings. The summed E-state index contributed by atoms with van der Waals surface area (Å²) in [5, 5.41) is 9.64. The third-order valence-electron chi connectivity index (χ3n) is 2.16. The normalized spacial score (nSPS) is 10.4. The van der Waals surface area contributed by atoms with Gasteiger partial charge < -0.3 is 5.11 Å². The maximum Gasteiger partial charge on any atom is 0.355 e. The topological polar surface area (TPSA) is 63.1 Å². The second-order valence-corrected chi connectivity index (χ2v) is 6.24. The maximum atomic E-state index is 11.2. The van der Waals surface area contributed by atoms with Crippen LogP contribution in [0.25, 0.3) is 0 Å². The Bertz CT molecular complexity index is 605. The van der Waals surface area contributed by atoms with Crippen molar-refractivity contribution < 1.29 is 9.90 Å². The van der Waals surface area contributed by atoms with Crippen LogP contribution in [0, 0.1) is 0 Å². The number of halogens is 1. The first-order valence-electron chi connectivity index (χ1n) is 5.18. The van der Waals surface area contributed by atoms with E-state index in [0.717, 1.165) is 9.37 Å². The van der Waals surface area contributed by atoms with Gasteiger partial charge in [0.05, 0.1) is 4.90 Å². The fourth-order valence-electron chi connectivity index (χ4n) is 1.31. The highest BCUT2D eigenvalue weighted by Crippen LogP contribution is 2.30. The van der Waals surface area contributed by atoms with E-state index < -0.39 is 5.97 Å². The number of carboxylic acid groups (broad SMARTS) is 1. The van der Waals surface area contributed by atoms with Crippen LogP contribution in [-0.4, -0.2) is 27.3 Å². The molecule has 0 saturated carbocycles. The first kappa shape index (κ1) is 14.4. The van der Waals surface area contributed by atoms with Crippen molar-refractivity contribution in [2.75, 3.05) is 6.26 Å². The molecule has 2 rings (SSSR count). The van der Waals surface area contributed by atoms with Crippen molar-refractivity contribution in [2.24, 2.45) is 0 Å². The third kappa shape index (κ3) is 3.71. The Balaban J connectivity index is 2.33. The highest BCUT2D eigenvalue weighted by atomic mass is 79.9. The lowest BCUT2D eigenvalue weighted by atomic mass is 10.4. The zero-order valence-electron chi connectivity index (χ0n) is 9.83. The molecule has 0 amide bonds. The Morgan fingerprint density at radius 2 is 2.00 bits per heavy atom. The molecule has 1 N–H and O–H groups in total. The summed E-state index contributed by atoms with van der Waals surface area (Å²) in [6, 6.07) is 7.62. The van der Waals surface area contributed by atoms with E-state index in [9.17, 15) is 9.90 Å². The molecule has 0 radical (unpaired) electrons. The molecule has 0 atom stereocenters. The Morgan fingerprint density at radius 1 is 1.32 bits per heavy atom. The molecule has 2 aromatic rings. The van der Waals surface area contributed by atoms with Gasteiger partial charge in [-0.25, -0.2) is 14.8 Å². The Hall–Kier alpha value is -1.05. The number of rotatable bonds is 4. The van der Waals surface area contributed by atoms with Crippen LogP contribution in [-0.2, 0) is 0 Å². The lowest BCUT2D eigenvalue weighted by Crippen LogP contribution is -2.04. The summed E-state index contributed by atoms with van der Waals surface area (Å²) >= 11 is 6.01. The van der Waals surface area contributed by atoms with E-state index in [1.165, 1.54) is 23.5 Å². The van der Waals surface area contributed by atoms with Crippen LogP contribution in [0.1, 0.15) is 10.5 Å². The fourth-order valence-corrected chi connectivity index (χ4v) is 2.78. The lowest BCUT2D eigenvalue weighted by Gasteiger charge is -2.06. The number of nitrogens with zero attached hydrogens (tertiary/aromatic N) is 2. The molecule has 0 unspecified atom stereocenters. The summed E-state index contributed by atoms with van der Waals surface area (Å²) in [6.45, 7) is 0. The molecule has 19 heavy (non-hydrogen) atoms. The van der Waals surface area contributed by atoms with Crippen LogP contribution >= 0.6 is 39.5 Å². The average molecular weight is 357 g/mol. The van der Waals surface area contributed by atoms with E-state index in [0.29, 0.717) is 10.1 Å². The molecule has 0 aliphatic carbocycles. The quantitative estimate of drug-likeness (QED) is 0.663. The van der Waals surface area contributed by atoms with Crippen LogP contribution < -0.4 is 0 Å². The predicted octanol–water partition coefficient (Wildman–Crippen LogP) is 3.81. The molecule has 0 aliphatic rings. The largest absolute Gasteiger partial charge is 0.476 e. The van der Waals surface area contributed by atoms with Crippen molar-refractivity contribution in [1.29, 1.82) is 0 Å². The second kappa shape index (κ2) is 6.40. The van der Waals surface area contributed by atoms with Gasteiger partial charge in [-0.15, -0.1) is 0 Å². The molecule has 0 aliphatic heterocycles. The van der Waals surface area contributed by atoms with Crippen LogP contribution in [0.3, 0.4) is 0 Å². The molecule has 0 bridgehead atoms. The molecular weight excluding hydrogens is 348 g/mol. The van der Waals surface area contributed by atoms with Crippen LogP contribution in [0.5, 0.6) is 0 Å². The first-order valence-corrected chi connectivity index (χ1v) is 8.01. The Morgan fingerprint density at radius 3 is 2.58 bits per heavy atom. The first-order chi connectivity index (χ1) is 9.10. The molecule has 0 spiro atoms. The third-order valence-corrected chi connectivity index (χ3v) is 4.28. The number of carboxylic acids is 1. The zero-order chi connectivity index (χ0) is 13.8. The van der Waals surface area contributed by atoms with Crippen LogP contribution in [0.15, 0.2) is 49.9 Å². The minimum Gasteiger partial charge on any atom is -0.476 e. The average Bonchev–Trinajstić information content (AvgIpc) is 2.41. The van der Waals surface area contributed by atoms with E-state index >= 15 is 0 Å². The summed E-state index contributed by atoms with van der Waals surface area (Å²) < 4.78 is 0.976. The van der Waals surface area contributed by atoms with Crippen LogP contribution in [0.2, 0.25) is 0 Å². The van der Waals surface area contributed by atoms with Gasteiger partial charge in [-0.05, 0) is 30.5 Å². The maximum absolute atomic E-state index is 11.2. The van der Waals surface area contributed by atoms with E-state index in [1.807, 2.05) is 30.5 Å². The Kier molecular flexibility index (Phi) is 4.84. The molecule has 98 valence electrons. The number of thioether (sulfide) groups is 1. The molecule has 1 aromatic heterocycles. The van der Waals surface area contributed by atoms with Gasteiger partial charge in [0.1, 0.15) is 0 Å². The number of aromatic nitrogens is 2. The van der Waals surface area contributed by atoms with Gasteiger partial charge in [0.25, 0.3) is 0 Å². The van der Waals surface area contributed by atoms with Crippen molar-refractivity contribution in [3.63, 3.8) is 0 Å². The van der Waals surface area contributed by atoms with Gasteiger partial charge in [-0.3, -0.25) is 0 Å². The van der Waals surface area contributed by atoms with Gasteiger partial charge in [0.15, 0.2) is 10.9 Å². The molecule has 1 aromatic carbocycles. The van der Waals surface area contributed by atoms with Gasteiger partial charge in [0.2, 0.25) is 0 Å². The molecule has 1 heterocycles. The van der Waals surface area contributed by atoms with Crippen molar-refractivity contribution in [2.45, 2.75) is 14.9 Å². The monoisotopic (exact) mass is 356 g/mol. The Labute approximate surface area is 127 Å². The van der Waals surface area contributed by atoms with Crippen molar-refractivity contribution in [1.82, 2.24) is 9.97 Å².